The Bertz CT molecular complexity index is 1350. The first-order valence-electron chi connectivity index (χ1n) is 10.6. The van der Waals surface area contributed by atoms with Crippen molar-refractivity contribution in [2.75, 3.05) is 5.32 Å². The Morgan fingerprint density at radius 3 is 2.34 bits per heavy atom. The maximum Gasteiger partial charge on any atom is 0.244 e. The van der Waals surface area contributed by atoms with Crippen LogP contribution in [0.5, 0.6) is 0 Å². The quantitative estimate of drug-likeness (QED) is 0.455. The number of aryl methyl sites for hydroxylation is 2. The van der Waals surface area contributed by atoms with Crippen molar-refractivity contribution in [1.29, 1.82) is 0 Å². The Hall–Kier alpha value is -3.99. The van der Waals surface area contributed by atoms with Gasteiger partial charge in [-0.05, 0) is 43.2 Å². The van der Waals surface area contributed by atoms with E-state index in [0.717, 1.165) is 17.5 Å². The van der Waals surface area contributed by atoms with E-state index in [0.29, 0.717) is 22.2 Å². The predicted molar refractivity (Wildman–Crippen MR) is 127 cm³/mol. The number of anilines is 1. The van der Waals surface area contributed by atoms with Gasteiger partial charge < -0.3 is 9.88 Å². The molecule has 0 bridgehead atoms. The maximum absolute atomic E-state index is 13.2. The van der Waals surface area contributed by atoms with Gasteiger partial charge in [0, 0.05) is 22.8 Å². The van der Waals surface area contributed by atoms with Gasteiger partial charge in [0.2, 0.25) is 11.3 Å². The molecule has 3 aromatic carbocycles. The first-order valence-corrected chi connectivity index (χ1v) is 10.6. The number of para-hydroxylation sites is 1. The van der Waals surface area contributed by atoms with Gasteiger partial charge in [-0.2, -0.15) is 0 Å². The van der Waals surface area contributed by atoms with E-state index in [-0.39, 0.29) is 29.2 Å². The molecule has 160 valence electrons. The second kappa shape index (κ2) is 9.02. The Morgan fingerprint density at radius 2 is 1.66 bits per heavy atom. The fourth-order valence-electron chi connectivity index (χ4n) is 3.73. The Balaban J connectivity index is 1.76. The zero-order valence-electron chi connectivity index (χ0n) is 18.1. The summed E-state index contributed by atoms with van der Waals surface area (Å²) in [5, 5.41) is 3.28. The van der Waals surface area contributed by atoms with E-state index >= 15 is 0 Å². The standard InChI is InChI=1S/C27H24N2O3/c1-3-19-10-12-20(13-11-19)26(31)23-16-29(17-25(30)28-21-7-5-4-6-8-21)24-14-9-18(2)15-22(24)27(23)32/h4-16H,3,17H2,1-2H3,(H,28,30). The van der Waals surface area contributed by atoms with Gasteiger partial charge in [-0.15, -0.1) is 0 Å². The third-order valence-corrected chi connectivity index (χ3v) is 5.48. The molecular formula is C27H24N2O3. The van der Waals surface area contributed by atoms with E-state index in [2.05, 4.69) is 5.32 Å². The molecule has 0 aliphatic heterocycles. The zero-order valence-corrected chi connectivity index (χ0v) is 18.1. The van der Waals surface area contributed by atoms with Crippen LogP contribution in [0.2, 0.25) is 0 Å². The minimum atomic E-state index is -0.349. The van der Waals surface area contributed by atoms with Crippen molar-refractivity contribution in [3.8, 4) is 0 Å². The lowest BCUT2D eigenvalue weighted by Crippen LogP contribution is -2.24. The minimum Gasteiger partial charge on any atom is -0.337 e. The summed E-state index contributed by atoms with van der Waals surface area (Å²) in [5.41, 5.74) is 3.50. The lowest BCUT2D eigenvalue weighted by Gasteiger charge is -2.14. The molecule has 0 radical (unpaired) electrons. The number of ketones is 1. The largest absolute Gasteiger partial charge is 0.337 e. The highest BCUT2D eigenvalue weighted by Gasteiger charge is 2.18. The lowest BCUT2D eigenvalue weighted by atomic mass is 10.00. The molecule has 32 heavy (non-hydrogen) atoms. The number of hydrogen-bond donors (Lipinski definition) is 1. The average molecular weight is 425 g/mol. The highest BCUT2D eigenvalue weighted by atomic mass is 16.2. The van der Waals surface area contributed by atoms with Crippen LogP contribution in [0, 0.1) is 6.92 Å². The summed E-state index contributed by atoms with van der Waals surface area (Å²) >= 11 is 0. The summed E-state index contributed by atoms with van der Waals surface area (Å²) in [6, 6.07) is 21.9. The van der Waals surface area contributed by atoms with Crippen LogP contribution in [0.15, 0.2) is 83.8 Å². The van der Waals surface area contributed by atoms with Crippen LogP contribution in [-0.4, -0.2) is 16.3 Å². The molecular weight excluding hydrogens is 400 g/mol. The summed E-state index contributed by atoms with van der Waals surface area (Å²) in [6.07, 6.45) is 2.37. The fraction of sp³-hybridized carbons (Fsp3) is 0.148. The van der Waals surface area contributed by atoms with Crippen LogP contribution >= 0.6 is 0 Å². The molecule has 1 N–H and O–H groups in total. The lowest BCUT2D eigenvalue weighted by molar-refractivity contribution is -0.116. The second-order valence-electron chi connectivity index (χ2n) is 7.81. The summed E-state index contributed by atoms with van der Waals surface area (Å²) in [7, 11) is 0. The van der Waals surface area contributed by atoms with Crippen molar-refractivity contribution in [2.24, 2.45) is 0 Å². The average Bonchev–Trinajstić information content (AvgIpc) is 2.81. The first-order chi connectivity index (χ1) is 15.5. The Labute approximate surface area is 186 Å². The smallest absolute Gasteiger partial charge is 0.244 e. The number of aromatic nitrogens is 1. The Morgan fingerprint density at radius 1 is 0.938 bits per heavy atom. The number of rotatable bonds is 6. The van der Waals surface area contributed by atoms with Crippen molar-refractivity contribution < 1.29 is 9.59 Å². The highest BCUT2D eigenvalue weighted by Crippen LogP contribution is 2.17. The number of carbonyl (C=O) groups excluding carboxylic acids is 2. The SMILES string of the molecule is CCc1ccc(C(=O)c2cn(CC(=O)Nc3ccccc3)c3ccc(C)cc3c2=O)cc1. The van der Waals surface area contributed by atoms with Crippen LogP contribution in [0.25, 0.3) is 10.9 Å². The third kappa shape index (κ3) is 4.37. The topological polar surface area (TPSA) is 68.2 Å². The molecule has 0 fully saturated rings. The van der Waals surface area contributed by atoms with Gasteiger partial charge in [0.05, 0.1) is 11.1 Å². The molecule has 0 unspecified atom stereocenters. The predicted octanol–water partition coefficient (Wildman–Crippen LogP) is 4.74. The van der Waals surface area contributed by atoms with Crippen molar-refractivity contribution >= 4 is 28.3 Å². The van der Waals surface area contributed by atoms with E-state index in [1.165, 1.54) is 6.20 Å². The molecule has 1 aromatic heterocycles. The summed E-state index contributed by atoms with van der Waals surface area (Å²) in [6.45, 7) is 3.91. The molecule has 0 saturated carbocycles. The van der Waals surface area contributed by atoms with Crippen LogP contribution < -0.4 is 10.7 Å². The molecule has 1 amide bonds. The fourth-order valence-corrected chi connectivity index (χ4v) is 3.73. The van der Waals surface area contributed by atoms with Crippen LogP contribution in [0.4, 0.5) is 5.69 Å². The summed E-state index contributed by atoms with van der Waals surface area (Å²) in [5.74, 6) is -0.592. The monoisotopic (exact) mass is 424 g/mol. The van der Waals surface area contributed by atoms with E-state index < -0.39 is 0 Å². The molecule has 5 heteroatoms. The van der Waals surface area contributed by atoms with Crippen molar-refractivity contribution in [3.63, 3.8) is 0 Å². The maximum atomic E-state index is 13.2. The number of nitrogens with zero attached hydrogens (tertiary/aromatic N) is 1. The molecule has 0 atom stereocenters. The molecule has 4 aromatic rings. The van der Waals surface area contributed by atoms with Gasteiger partial charge in [-0.3, -0.25) is 14.4 Å². The normalized spacial score (nSPS) is 10.8. The van der Waals surface area contributed by atoms with Gasteiger partial charge in [0.1, 0.15) is 6.54 Å². The van der Waals surface area contributed by atoms with E-state index in [9.17, 15) is 14.4 Å². The second-order valence-corrected chi connectivity index (χ2v) is 7.81. The van der Waals surface area contributed by atoms with E-state index in [1.807, 2.05) is 56.3 Å². The van der Waals surface area contributed by atoms with E-state index in [4.69, 9.17) is 0 Å². The number of nitrogens with one attached hydrogen (secondary N) is 1. The molecule has 0 aliphatic carbocycles. The first kappa shape index (κ1) is 21.2. The number of benzene rings is 3. The van der Waals surface area contributed by atoms with Crippen molar-refractivity contribution in [3.05, 3.63) is 111 Å². The zero-order chi connectivity index (χ0) is 22.7. The van der Waals surface area contributed by atoms with Crippen LogP contribution in [0.1, 0.15) is 34.0 Å². The van der Waals surface area contributed by atoms with Crippen molar-refractivity contribution in [1.82, 2.24) is 4.57 Å². The highest BCUT2D eigenvalue weighted by molar-refractivity contribution is 6.10. The number of hydrogen-bond acceptors (Lipinski definition) is 3. The molecule has 5 nitrogen and oxygen atoms in total. The van der Waals surface area contributed by atoms with Gasteiger partial charge in [0.15, 0.2) is 5.78 Å². The van der Waals surface area contributed by atoms with Crippen LogP contribution in [0.3, 0.4) is 0 Å². The summed E-state index contributed by atoms with van der Waals surface area (Å²) in [4.78, 5) is 39.1. The Kier molecular flexibility index (Phi) is 5.99. The van der Waals surface area contributed by atoms with Crippen LogP contribution in [-0.2, 0) is 17.8 Å². The molecule has 4 rings (SSSR count). The molecule has 0 saturated heterocycles. The molecule has 0 aliphatic rings. The van der Waals surface area contributed by atoms with Gasteiger partial charge in [0.25, 0.3) is 0 Å². The third-order valence-electron chi connectivity index (χ3n) is 5.48. The van der Waals surface area contributed by atoms with E-state index in [1.54, 1.807) is 34.9 Å². The van der Waals surface area contributed by atoms with Gasteiger partial charge in [-0.1, -0.05) is 61.0 Å². The number of fused-ring (bicyclic) bond motifs is 1. The van der Waals surface area contributed by atoms with Gasteiger partial charge >= 0.3 is 0 Å². The molecule has 1 heterocycles. The minimum absolute atomic E-state index is 0.0240. The number of pyridine rings is 1. The van der Waals surface area contributed by atoms with Crippen molar-refractivity contribution in [2.45, 2.75) is 26.8 Å². The number of amides is 1. The molecule has 0 spiro atoms. The van der Waals surface area contributed by atoms with Gasteiger partial charge in [-0.25, -0.2) is 0 Å². The summed E-state index contributed by atoms with van der Waals surface area (Å²) < 4.78 is 1.67. The number of carbonyl (C=O) groups is 2.